The van der Waals surface area contributed by atoms with Crippen molar-refractivity contribution in [2.45, 2.75) is 53.2 Å². The van der Waals surface area contributed by atoms with E-state index in [1.807, 2.05) is 19.0 Å². The summed E-state index contributed by atoms with van der Waals surface area (Å²) in [6, 6.07) is 11.1. The molecule has 3 N–H and O–H groups in total. The zero-order chi connectivity index (χ0) is 31.4. The molecule has 16 heteroatoms. The molecule has 0 bridgehead atoms. The predicted octanol–water partition coefficient (Wildman–Crippen LogP) is 1.26. The molecule has 2 fully saturated rings. The van der Waals surface area contributed by atoms with Crippen LogP contribution in [-0.2, 0) is 24.8 Å². The lowest BCUT2D eigenvalue weighted by molar-refractivity contribution is -0.0312. The molecule has 0 saturated carbocycles. The molecule has 2 aromatic carbocycles. The van der Waals surface area contributed by atoms with Crippen LogP contribution < -0.4 is 14.8 Å². The topological polar surface area (TPSA) is 163 Å². The predicted molar refractivity (Wildman–Crippen MR) is 167 cm³/mol. The Bertz CT molecular complexity index is 1630. The SMILES string of the molecule is CN(C)CCCNS(=O)(=O)c1cccc(OCC(O)CNC2COC3(CCN(S(=O)(=O)c4ccc5nsnc5c4)CC3)C2)c1. The third-order valence-electron chi connectivity index (χ3n) is 7.98. The van der Waals surface area contributed by atoms with Gasteiger partial charge in [0.1, 0.15) is 29.5 Å². The quantitative estimate of drug-likeness (QED) is 0.212. The van der Waals surface area contributed by atoms with Gasteiger partial charge in [0.05, 0.1) is 33.7 Å². The van der Waals surface area contributed by atoms with E-state index in [-0.39, 0.29) is 29.0 Å². The number of hydrogen-bond acceptors (Lipinski definition) is 12. The number of aliphatic hydroxyl groups is 1. The zero-order valence-corrected chi connectivity index (χ0v) is 27.3. The number of aromatic nitrogens is 2. The summed E-state index contributed by atoms with van der Waals surface area (Å²) in [4.78, 5) is 2.32. The first-order valence-corrected chi connectivity index (χ1v) is 18.3. The number of rotatable bonds is 14. The molecule has 3 aromatic rings. The van der Waals surface area contributed by atoms with E-state index in [4.69, 9.17) is 9.47 Å². The molecule has 44 heavy (non-hydrogen) atoms. The molecule has 0 radical (unpaired) electrons. The summed E-state index contributed by atoms with van der Waals surface area (Å²) in [6.45, 7) is 2.56. The van der Waals surface area contributed by atoms with Crippen molar-refractivity contribution in [3.8, 4) is 5.75 Å². The summed E-state index contributed by atoms with van der Waals surface area (Å²) in [5.41, 5.74) is 0.853. The minimum atomic E-state index is -3.66. The highest BCUT2D eigenvalue weighted by Crippen LogP contribution is 2.37. The number of aliphatic hydroxyl groups excluding tert-OH is 1. The molecule has 2 atom stereocenters. The monoisotopic (exact) mass is 668 g/mol. The van der Waals surface area contributed by atoms with Crippen LogP contribution >= 0.6 is 11.7 Å². The van der Waals surface area contributed by atoms with Gasteiger partial charge in [0.15, 0.2) is 0 Å². The zero-order valence-electron chi connectivity index (χ0n) is 24.9. The second-order valence-corrected chi connectivity index (χ2v) is 15.8. The van der Waals surface area contributed by atoms with Crippen LogP contribution in [-0.4, -0.2) is 118 Å². The van der Waals surface area contributed by atoms with E-state index in [1.165, 1.54) is 16.4 Å². The fourth-order valence-electron chi connectivity index (χ4n) is 5.50. The number of hydrogen-bond donors (Lipinski definition) is 3. The van der Waals surface area contributed by atoms with Gasteiger partial charge in [0.2, 0.25) is 20.0 Å². The summed E-state index contributed by atoms with van der Waals surface area (Å²) >= 11 is 1.06. The highest BCUT2D eigenvalue weighted by atomic mass is 32.2. The molecule has 0 amide bonds. The second-order valence-electron chi connectivity index (χ2n) is 11.6. The Balaban J connectivity index is 1.05. The van der Waals surface area contributed by atoms with Crippen molar-refractivity contribution in [3.63, 3.8) is 0 Å². The smallest absolute Gasteiger partial charge is 0.243 e. The Morgan fingerprint density at radius 2 is 1.89 bits per heavy atom. The van der Waals surface area contributed by atoms with Gasteiger partial charge in [-0.1, -0.05) is 6.07 Å². The van der Waals surface area contributed by atoms with Crippen LogP contribution in [0, 0.1) is 0 Å². The normalized spacial score (nSPS) is 20.0. The molecule has 2 aliphatic heterocycles. The Kier molecular flexibility index (Phi) is 10.5. The van der Waals surface area contributed by atoms with E-state index in [0.29, 0.717) is 68.7 Å². The Morgan fingerprint density at radius 3 is 2.66 bits per heavy atom. The highest BCUT2D eigenvalue weighted by Gasteiger charge is 2.44. The summed E-state index contributed by atoms with van der Waals surface area (Å²) in [7, 11) is -3.44. The van der Waals surface area contributed by atoms with E-state index in [9.17, 15) is 21.9 Å². The number of piperidine rings is 1. The number of benzene rings is 2. The third kappa shape index (κ3) is 8.10. The third-order valence-corrected chi connectivity index (χ3v) is 11.9. The first kappa shape index (κ1) is 33.1. The molecular formula is C28H40N6O7S3. The maximum Gasteiger partial charge on any atom is 0.243 e. The molecule has 2 saturated heterocycles. The van der Waals surface area contributed by atoms with Crippen molar-refractivity contribution < 1.29 is 31.4 Å². The van der Waals surface area contributed by atoms with Crippen molar-refractivity contribution in [3.05, 3.63) is 42.5 Å². The van der Waals surface area contributed by atoms with Crippen LogP contribution in [0.5, 0.6) is 5.75 Å². The van der Waals surface area contributed by atoms with Crippen molar-refractivity contribution in [2.75, 3.05) is 60.0 Å². The van der Waals surface area contributed by atoms with Crippen LogP contribution in [0.3, 0.4) is 0 Å². The van der Waals surface area contributed by atoms with Gasteiger partial charge in [0.25, 0.3) is 0 Å². The average Bonchev–Trinajstić information content (AvgIpc) is 3.64. The molecule has 2 aliphatic rings. The summed E-state index contributed by atoms with van der Waals surface area (Å²) in [5, 5.41) is 13.9. The Labute approximate surface area is 263 Å². The van der Waals surface area contributed by atoms with Gasteiger partial charge in [-0.3, -0.25) is 0 Å². The highest BCUT2D eigenvalue weighted by molar-refractivity contribution is 7.89. The van der Waals surface area contributed by atoms with Gasteiger partial charge in [-0.05, 0) is 76.7 Å². The van der Waals surface area contributed by atoms with E-state index >= 15 is 0 Å². The van der Waals surface area contributed by atoms with Crippen molar-refractivity contribution in [1.82, 2.24) is 28.0 Å². The minimum Gasteiger partial charge on any atom is -0.491 e. The minimum absolute atomic E-state index is 0.0128. The fourth-order valence-corrected chi connectivity index (χ4v) is 8.59. The molecule has 3 heterocycles. The summed E-state index contributed by atoms with van der Waals surface area (Å²) in [5.74, 6) is 0.355. The van der Waals surface area contributed by atoms with Gasteiger partial charge >= 0.3 is 0 Å². The summed E-state index contributed by atoms with van der Waals surface area (Å²) < 4.78 is 76.0. The van der Waals surface area contributed by atoms with Crippen LogP contribution in [0.2, 0.25) is 0 Å². The van der Waals surface area contributed by atoms with E-state index in [0.717, 1.165) is 18.3 Å². The van der Waals surface area contributed by atoms with Crippen LogP contribution in [0.15, 0.2) is 52.3 Å². The van der Waals surface area contributed by atoms with E-state index < -0.39 is 31.8 Å². The van der Waals surface area contributed by atoms with Crippen LogP contribution in [0.25, 0.3) is 11.0 Å². The van der Waals surface area contributed by atoms with Crippen molar-refractivity contribution in [1.29, 1.82) is 0 Å². The molecule has 1 aromatic heterocycles. The molecule has 13 nitrogen and oxygen atoms in total. The molecule has 2 unspecified atom stereocenters. The molecule has 1 spiro atoms. The van der Waals surface area contributed by atoms with E-state index in [2.05, 4.69) is 18.8 Å². The first-order chi connectivity index (χ1) is 21.0. The maximum absolute atomic E-state index is 13.3. The number of nitrogens with zero attached hydrogens (tertiary/aromatic N) is 4. The van der Waals surface area contributed by atoms with E-state index in [1.54, 1.807) is 30.3 Å². The lowest BCUT2D eigenvalue weighted by Crippen LogP contribution is -2.47. The lowest BCUT2D eigenvalue weighted by atomic mass is 9.88. The van der Waals surface area contributed by atoms with Crippen molar-refractivity contribution in [2.24, 2.45) is 0 Å². The fraction of sp³-hybridized carbons (Fsp3) is 0.571. The van der Waals surface area contributed by atoms with Crippen LogP contribution in [0.1, 0.15) is 25.7 Å². The lowest BCUT2D eigenvalue weighted by Gasteiger charge is -2.38. The number of ether oxygens (including phenoxy) is 2. The van der Waals surface area contributed by atoms with Gasteiger partial charge in [-0.2, -0.15) is 13.1 Å². The standard InChI is InChI=1S/C28H40N6O7S3/c1-33(2)12-4-11-30-43(36,37)24-6-3-5-23(15-24)40-20-22(35)18-29-21-17-28(41-19-21)9-13-34(14-10-28)44(38,39)25-7-8-26-27(16-25)32-42-31-26/h3,5-8,15-16,21-22,29-30,35H,4,9-14,17-20H2,1-2H3. The maximum atomic E-state index is 13.3. The number of nitrogens with one attached hydrogen (secondary N) is 2. The van der Waals surface area contributed by atoms with Gasteiger partial charge in [-0.25, -0.2) is 21.6 Å². The van der Waals surface area contributed by atoms with Gasteiger partial charge < -0.3 is 24.8 Å². The Morgan fingerprint density at radius 1 is 1.11 bits per heavy atom. The first-order valence-electron chi connectivity index (χ1n) is 14.6. The largest absolute Gasteiger partial charge is 0.491 e. The van der Waals surface area contributed by atoms with Gasteiger partial charge in [-0.15, -0.1) is 0 Å². The number of sulfonamides is 2. The van der Waals surface area contributed by atoms with Crippen LogP contribution in [0.4, 0.5) is 0 Å². The second kappa shape index (κ2) is 14.0. The van der Waals surface area contributed by atoms with Crippen molar-refractivity contribution >= 4 is 42.8 Å². The molecule has 0 aliphatic carbocycles. The number of fused-ring (bicyclic) bond motifs is 1. The average molecular weight is 669 g/mol. The Hall–Kier alpha value is -2.28. The summed E-state index contributed by atoms with van der Waals surface area (Å²) in [6.07, 6.45) is 1.75. The molecule has 5 rings (SSSR count). The molecule has 242 valence electrons. The van der Waals surface area contributed by atoms with Gasteiger partial charge in [0, 0.05) is 38.3 Å². The molecular weight excluding hydrogens is 629 g/mol.